The Balaban J connectivity index is 0.00000128. The fourth-order valence-corrected chi connectivity index (χ4v) is 2.25. The molecule has 5 heteroatoms. The van der Waals surface area contributed by atoms with Gasteiger partial charge >= 0.3 is 0 Å². The van der Waals surface area contributed by atoms with E-state index in [2.05, 4.69) is 29.3 Å². The number of hydrogen-bond donors (Lipinski definition) is 1. The quantitative estimate of drug-likeness (QED) is 0.902. The summed E-state index contributed by atoms with van der Waals surface area (Å²) in [6, 6.07) is 8.63. The standard InChI is InChI=1S/C12H17ClN2.2ClH/c1-10(15-7-5-14-6-8-15)11-3-2-4-12(13)9-11;;/h2-4,9-10,14H,5-8H2,1H3;2*1H. The Labute approximate surface area is 121 Å². The highest BCUT2D eigenvalue weighted by molar-refractivity contribution is 6.30. The van der Waals surface area contributed by atoms with E-state index >= 15 is 0 Å². The van der Waals surface area contributed by atoms with Gasteiger partial charge in [-0.25, -0.2) is 0 Å². The van der Waals surface area contributed by atoms with E-state index in [0.29, 0.717) is 6.04 Å². The minimum Gasteiger partial charge on any atom is -0.314 e. The summed E-state index contributed by atoms with van der Waals surface area (Å²) in [5.41, 5.74) is 1.31. The molecule has 98 valence electrons. The lowest BCUT2D eigenvalue weighted by molar-refractivity contribution is 0.185. The monoisotopic (exact) mass is 296 g/mol. The largest absolute Gasteiger partial charge is 0.314 e. The van der Waals surface area contributed by atoms with Gasteiger partial charge in [-0.15, -0.1) is 24.8 Å². The Bertz CT molecular complexity index is 327. The number of rotatable bonds is 2. The fourth-order valence-electron chi connectivity index (χ4n) is 2.05. The van der Waals surface area contributed by atoms with Crippen LogP contribution in [0.5, 0.6) is 0 Å². The molecule has 0 spiro atoms. The number of nitrogens with zero attached hydrogens (tertiary/aromatic N) is 1. The molecule has 2 nitrogen and oxygen atoms in total. The molecule has 1 atom stereocenters. The smallest absolute Gasteiger partial charge is 0.0409 e. The minimum atomic E-state index is 0. The molecule has 1 N–H and O–H groups in total. The summed E-state index contributed by atoms with van der Waals surface area (Å²) in [5, 5.41) is 4.19. The summed E-state index contributed by atoms with van der Waals surface area (Å²) in [6.45, 7) is 6.66. The third-order valence-corrected chi connectivity index (χ3v) is 3.27. The summed E-state index contributed by atoms with van der Waals surface area (Å²) in [4.78, 5) is 2.49. The van der Waals surface area contributed by atoms with E-state index in [1.54, 1.807) is 0 Å². The highest BCUT2D eigenvalue weighted by Crippen LogP contribution is 2.22. The van der Waals surface area contributed by atoms with Crippen LogP contribution >= 0.6 is 36.4 Å². The van der Waals surface area contributed by atoms with Crippen molar-refractivity contribution in [3.8, 4) is 0 Å². The van der Waals surface area contributed by atoms with E-state index in [1.165, 1.54) is 5.56 Å². The molecule has 17 heavy (non-hydrogen) atoms. The molecule has 1 aliphatic heterocycles. The minimum absolute atomic E-state index is 0. The van der Waals surface area contributed by atoms with Crippen LogP contribution in [0.4, 0.5) is 0 Å². The lowest BCUT2D eigenvalue weighted by Gasteiger charge is -2.33. The molecule has 1 unspecified atom stereocenters. The van der Waals surface area contributed by atoms with E-state index in [0.717, 1.165) is 31.2 Å². The van der Waals surface area contributed by atoms with E-state index in [4.69, 9.17) is 11.6 Å². The molecule has 0 bridgehead atoms. The van der Waals surface area contributed by atoms with Crippen LogP contribution in [-0.4, -0.2) is 31.1 Å². The van der Waals surface area contributed by atoms with Crippen LogP contribution in [0.2, 0.25) is 5.02 Å². The van der Waals surface area contributed by atoms with E-state index in [1.807, 2.05) is 12.1 Å². The van der Waals surface area contributed by atoms with Crippen molar-refractivity contribution >= 4 is 36.4 Å². The van der Waals surface area contributed by atoms with Crippen LogP contribution in [0.25, 0.3) is 0 Å². The second-order valence-electron chi connectivity index (χ2n) is 4.02. The molecule has 1 aromatic carbocycles. The first-order chi connectivity index (χ1) is 7.27. The first-order valence-electron chi connectivity index (χ1n) is 5.47. The highest BCUT2D eigenvalue weighted by Gasteiger charge is 2.17. The maximum absolute atomic E-state index is 6.00. The molecule has 0 amide bonds. The van der Waals surface area contributed by atoms with Crippen molar-refractivity contribution in [3.63, 3.8) is 0 Å². The molecule has 0 radical (unpaired) electrons. The summed E-state index contributed by atoms with van der Waals surface area (Å²) in [6.07, 6.45) is 0. The second kappa shape index (κ2) is 8.17. The van der Waals surface area contributed by atoms with Gasteiger partial charge < -0.3 is 5.32 Å². The van der Waals surface area contributed by atoms with Crippen LogP contribution in [0, 0.1) is 0 Å². The van der Waals surface area contributed by atoms with Crippen LogP contribution in [-0.2, 0) is 0 Å². The first-order valence-corrected chi connectivity index (χ1v) is 5.85. The maximum Gasteiger partial charge on any atom is 0.0409 e. The molecular weight excluding hydrogens is 279 g/mol. The van der Waals surface area contributed by atoms with Crippen molar-refractivity contribution < 1.29 is 0 Å². The second-order valence-corrected chi connectivity index (χ2v) is 4.45. The lowest BCUT2D eigenvalue weighted by Crippen LogP contribution is -2.44. The van der Waals surface area contributed by atoms with Crippen LogP contribution in [0.1, 0.15) is 18.5 Å². The van der Waals surface area contributed by atoms with Crippen LogP contribution < -0.4 is 5.32 Å². The van der Waals surface area contributed by atoms with Crippen molar-refractivity contribution in [2.24, 2.45) is 0 Å². The van der Waals surface area contributed by atoms with Crippen LogP contribution in [0.15, 0.2) is 24.3 Å². The van der Waals surface area contributed by atoms with Crippen molar-refractivity contribution in [1.82, 2.24) is 10.2 Å². The maximum atomic E-state index is 6.00. The van der Waals surface area contributed by atoms with E-state index in [9.17, 15) is 0 Å². The Morgan fingerprint density at radius 3 is 2.47 bits per heavy atom. The molecule has 1 heterocycles. The van der Waals surface area contributed by atoms with E-state index < -0.39 is 0 Å². The summed E-state index contributed by atoms with van der Waals surface area (Å²) in [7, 11) is 0. The zero-order chi connectivity index (χ0) is 10.7. The molecule has 1 fully saturated rings. The van der Waals surface area contributed by atoms with Crippen molar-refractivity contribution in [2.45, 2.75) is 13.0 Å². The molecule has 1 saturated heterocycles. The van der Waals surface area contributed by atoms with Gasteiger partial charge in [0.2, 0.25) is 0 Å². The van der Waals surface area contributed by atoms with Gasteiger partial charge in [0.25, 0.3) is 0 Å². The van der Waals surface area contributed by atoms with Crippen molar-refractivity contribution in [2.75, 3.05) is 26.2 Å². The summed E-state index contributed by atoms with van der Waals surface area (Å²) >= 11 is 6.00. The van der Waals surface area contributed by atoms with Gasteiger partial charge in [-0.2, -0.15) is 0 Å². The van der Waals surface area contributed by atoms with Gasteiger partial charge in [0.05, 0.1) is 0 Å². The van der Waals surface area contributed by atoms with Gasteiger partial charge in [0, 0.05) is 37.2 Å². The molecule has 2 rings (SSSR count). The number of halogens is 3. The van der Waals surface area contributed by atoms with Gasteiger partial charge in [-0.3, -0.25) is 4.90 Å². The van der Waals surface area contributed by atoms with Crippen LogP contribution in [0.3, 0.4) is 0 Å². The number of benzene rings is 1. The fraction of sp³-hybridized carbons (Fsp3) is 0.500. The van der Waals surface area contributed by atoms with Gasteiger partial charge in [-0.05, 0) is 24.6 Å². The van der Waals surface area contributed by atoms with Gasteiger partial charge in [0.15, 0.2) is 0 Å². The summed E-state index contributed by atoms with van der Waals surface area (Å²) in [5.74, 6) is 0. The topological polar surface area (TPSA) is 15.3 Å². The molecular formula is C12H19Cl3N2. The molecule has 0 saturated carbocycles. The molecule has 0 aliphatic carbocycles. The first kappa shape index (κ1) is 17.0. The third-order valence-electron chi connectivity index (χ3n) is 3.03. The average molecular weight is 298 g/mol. The summed E-state index contributed by atoms with van der Waals surface area (Å²) < 4.78 is 0. The lowest BCUT2D eigenvalue weighted by atomic mass is 10.1. The van der Waals surface area contributed by atoms with Gasteiger partial charge in [0.1, 0.15) is 0 Å². The highest BCUT2D eigenvalue weighted by atomic mass is 35.5. The Morgan fingerprint density at radius 1 is 1.24 bits per heavy atom. The van der Waals surface area contributed by atoms with Crippen molar-refractivity contribution in [3.05, 3.63) is 34.9 Å². The van der Waals surface area contributed by atoms with E-state index in [-0.39, 0.29) is 24.8 Å². The average Bonchev–Trinajstić information content (AvgIpc) is 2.29. The Kier molecular flexibility index (Phi) is 8.18. The Hall–Kier alpha value is 0.01000. The Morgan fingerprint density at radius 2 is 1.88 bits per heavy atom. The third kappa shape index (κ3) is 4.65. The SMILES string of the molecule is CC(c1cccc(Cl)c1)N1CCNCC1.Cl.Cl. The van der Waals surface area contributed by atoms with Gasteiger partial charge in [-0.1, -0.05) is 23.7 Å². The molecule has 0 aromatic heterocycles. The normalized spacial score (nSPS) is 17.8. The number of piperazine rings is 1. The molecule has 1 aromatic rings. The number of nitrogens with one attached hydrogen (secondary N) is 1. The zero-order valence-corrected chi connectivity index (χ0v) is 12.2. The predicted octanol–water partition coefficient (Wildman–Crippen LogP) is 3.15. The zero-order valence-electron chi connectivity index (χ0n) is 9.86. The van der Waals surface area contributed by atoms with Crippen molar-refractivity contribution in [1.29, 1.82) is 0 Å². The number of hydrogen-bond acceptors (Lipinski definition) is 2. The molecule has 1 aliphatic rings. The predicted molar refractivity (Wildman–Crippen MR) is 78.8 cm³/mol.